The van der Waals surface area contributed by atoms with Crippen LogP contribution in [0.15, 0.2) is 18.2 Å². The van der Waals surface area contributed by atoms with Crippen LogP contribution in [0.2, 0.25) is 0 Å². The van der Waals surface area contributed by atoms with Crippen molar-refractivity contribution in [2.24, 2.45) is 5.73 Å². The smallest absolute Gasteiger partial charge is 0.161 e. The molecule has 0 saturated carbocycles. The largest absolute Gasteiger partial charge is 0.486 e. The van der Waals surface area contributed by atoms with Crippen LogP contribution in [0.1, 0.15) is 19.4 Å². The third-order valence-electron chi connectivity index (χ3n) is 3.56. The molecule has 2 N–H and O–H groups in total. The molecular formula is C14H22N2O2. The monoisotopic (exact) mass is 250 g/mol. The second-order valence-corrected chi connectivity index (χ2v) is 5.35. The number of likely N-dealkylation sites (N-methyl/N-ethyl adjacent to an activating group) is 1. The van der Waals surface area contributed by atoms with E-state index in [4.69, 9.17) is 15.2 Å². The summed E-state index contributed by atoms with van der Waals surface area (Å²) in [6.45, 7) is 7.03. The molecule has 0 radical (unpaired) electrons. The molecule has 1 aromatic carbocycles. The zero-order valence-electron chi connectivity index (χ0n) is 11.4. The number of benzene rings is 1. The van der Waals surface area contributed by atoms with E-state index in [0.717, 1.165) is 18.0 Å². The van der Waals surface area contributed by atoms with Gasteiger partial charge in [0.05, 0.1) is 0 Å². The lowest BCUT2D eigenvalue weighted by Gasteiger charge is -2.34. The number of rotatable bonds is 4. The normalized spacial score (nSPS) is 14.9. The number of fused-ring (bicyclic) bond motifs is 1. The lowest BCUT2D eigenvalue weighted by Crippen LogP contribution is -2.46. The Morgan fingerprint density at radius 1 is 1.22 bits per heavy atom. The van der Waals surface area contributed by atoms with Crippen LogP contribution >= 0.6 is 0 Å². The Morgan fingerprint density at radius 2 is 1.89 bits per heavy atom. The van der Waals surface area contributed by atoms with Gasteiger partial charge >= 0.3 is 0 Å². The minimum Gasteiger partial charge on any atom is -0.486 e. The van der Waals surface area contributed by atoms with E-state index >= 15 is 0 Å². The molecular weight excluding hydrogens is 228 g/mol. The predicted octanol–water partition coefficient (Wildman–Crippen LogP) is 1.63. The van der Waals surface area contributed by atoms with Crippen LogP contribution in [-0.2, 0) is 6.54 Å². The summed E-state index contributed by atoms with van der Waals surface area (Å²) in [6, 6.07) is 6.11. The van der Waals surface area contributed by atoms with Crippen molar-refractivity contribution in [2.75, 3.05) is 26.8 Å². The van der Waals surface area contributed by atoms with Crippen molar-refractivity contribution >= 4 is 0 Å². The summed E-state index contributed by atoms with van der Waals surface area (Å²) in [5.74, 6) is 1.68. The van der Waals surface area contributed by atoms with Crippen molar-refractivity contribution in [2.45, 2.75) is 25.9 Å². The molecule has 1 aliphatic rings. The van der Waals surface area contributed by atoms with Gasteiger partial charge in [0.15, 0.2) is 11.5 Å². The molecule has 0 saturated heterocycles. The Hall–Kier alpha value is -1.26. The van der Waals surface area contributed by atoms with E-state index in [9.17, 15) is 0 Å². The summed E-state index contributed by atoms with van der Waals surface area (Å²) < 4.78 is 11.1. The summed E-state index contributed by atoms with van der Waals surface area (Å²) in [5.41, 5.74) is 6.99. The summed E-state index contributed by atoms with van der Waals surface area (Å²) in [5, 5.41) is 0. The number of hydrogen-bond acceptors (Lipinski definition) is 4. The fraction of sp³-hybridized carbons (Fsp3) is 0.571. The highest BCUT2D eigenvalue weighted by Crippen LogP contribution is 2.31. The van der Waals surface area contributed by atoms with Crippen LogP contribution in [0.5, 0.6) is 11.5 Å². The molecule has 100 valence electrons. The van der Waals surface area contributed by atoms with Crippen molar-refractivity contribution in [1.82, 2.24) is 4.90 Å². The first-order valence-electron chi connectivity index (χ1n) is 6.33. The van der Waals surface area contributed by atoms with Gasteiger partial charge in [-0.2, -0.15) is 0 Å². The predicted molar refractivity (Wildman–Crippen MR) is 72.0 cm³/mol. The van der Waals surface area contributed by atoms with E-state index in [0.29, 0.717) is 19.8 Å². The second-order valence-electron chi connectivity index (χ2n) is 5.35. The molecule has 1 heterocycles. The van der Waals surface area contributed by atoms with Crippen LogP contribution in [-0.4, -0.2) is 37.2 Å². The Labute approximate surface area is 109 Å². The van der Waals surface area contributed by atoms with Gasteiger partial charge in [0.1, 0.15) is 13.2 Å². The standard InChI is InChI=1S/C14H22N2O2/c1-14(2,10-15)16(3)9-11-4-5-12-13(8-11)18-7-6-17-12/h4-5,8H,6-7,9-10,15H2,1-3H3. The highest BCUT2D eigenvalue weighted by Gasteiger charge is 2.22. The van der Waals surface area contributed by atoms with Crippen molar-refractivity contribution in [3.8, 4) is 11.5 Å². The van der Waals surface area contributed by atoms with E-state index in [1.165, 1.54) is 5.56 Å². The maximum absolute atomic E-state index is 5.79. The molecule has 1 aromatic rings. The molecule has 0 amide bonds. The van der Waals surface area contributed by atoms with Crippen LogP contribution in [0, 0.1) is 0 Å². The Balaban J connectivity index is 2.10. The molecule has 0 fully saturated rings. The second kappa shape index (κ2) is 5.16. The summed E-state index contributed by atoms with van der Waals surface area (Å²) in [6.07, 6.45) is 0. The number of ether oxygens (including phenoxy) is 2. The molecule has 0 bridgehead atoms. The van der Waals surface area contributed by atoms with E-state index in [1.807, 2.05) is 6.07 Å². The van der Waals surface area contributed by atoms with Crippen LogP contribution in [0.3, 0.4) is 0 Å². The van der Waals surface area contributed by atoms with E-state index in [-0.39, 0.29) is 5.54 Å². The highest BCUT2D eigenvalue weighted by molar-refractivity contribution is 5.43. The van der Waals surface area contributed by atoms with Gasteiger partial charge in [-0.3, -0.25) is 4.90 Å². The molecule has 1 aliphatic heterocycles. The third kappa shape index (κ3) is 2.76. The molecule has 0 unspecified atom stereocenters. The Morgan fingerprint density at radius 3 is 2.56 bits per heavy atom. The number of hydrogen-bond donors (Lipinski definition) is 1. The molecule has 0 spiro atoms. The molecule has 18 heavy (non-hydrogen) atoms. The molecule has 0 aromatic heterocycles. The van der Waals surface area contributed by atoms with Gasteiger partial charge in [-0.25, -0.2) is 0 Å². The van der Waals surface area contributed by atoms with Crippen molar-refractivity contribution < 1.29 is 9.47 Å². The van der Waals surface area contributed by atoms with Gasteiger partial charge < -0.3 is 15.2 Å². The SMILES string of the molecule is CN(Cc1ccc2c(c1)OCCO2)C(C)(C)CN. The van der Waals surface area contributed by atoms with Gasteiger partial charge in [-0.15, -0.1) is 0 Å². The van der Waals surface area contributed by atoms with Gasteiger partial charge in [-0.1, -0.05) is 6.07 Å². The fourth-order valence-corrected chi connectivity index (χ4v) is 1.83. The number of nitrogens with zero attached hydrogens (tertiary/aromatic N) is 1. The van der Waals surface area contributed by atoms with Gasteiger partial charge in [-0.05, 0) is 38.6 Å². The van der Waals surface area contributed by atoms with E-state index < -0.39 is 0 Å². The topological polar surface area (TPSA) is 47.7 Å². The van der Waals surface area contributed by atoms with Gasteiger partial charge in [0, 0.05) is 18.6 Å². The first kappa shape index (κ1) is 13.2. The summed E-state index contributed by atoms with van der Waals surface area (Å²) >= 11 is 0. The average molecular weight is 250 g/mol. The molecule has 0 atom stereocenters. The highest BCUT2D eigenvalue weighted by atomic mass is 16.6. The number of nitrogens with two attached hydrogens (primary N) is 1. The van der Waals surface area contributed by atoms with Crippen molar-refractivity contribution in [3.05, 3.63) is 23.8 Å². The lowest BCUT2D eigenvalue weighted by molar-refractivity contribution is 0.153. The molecule has 2 rings (SSSR count). The minimum atomic E-state index is -0.00669. The molecule has 4 heteroatoms. The quantitative estimate of drug-likeness (QED) is 0.882. The van der Waals surface area contributed by atoms with E-state index in [2.05, 4.69) is 37.9 Å². The Kier molecular flexibility index (Phi) is 3.78. The Bertz CT molecular complexity index is 418. The first-order valence-corrected chi connectivity index (χ1v) is 6.33. The zero-order chi connectivity index (χ0) is 13.2. The molecule has 4 nitrogen and oxygen atoms in total. The van der Waals surface area contributed by atoms with Crippen molar-refractivity contribution in [1.29, 1.82) is 0 Å². The maximum Gasteiger partial charge on any atom is 0.161 e. The lowest BCUT2D eigenvalue weighted by atomic mass is 10.0. The van der Waals surface area contributed by atoms with Crippen LogP contribution in [0.25, 0.3) is 0 Å². The third-order valence-corrected chi connectivity index (χ3v) is 3.56. The average Bonchev–Trinajstić information content (AvgIpc) is 2.38. The first-order chi connectivity index (χ1) is 8.53. The fourth-order valence-electron chi connectivity index (χ4n) is 1.83. The van der Waals surface area contributed by atoms with E-state index in [1.54, 1.807) is 0 Å². The van der Waals surface area contributed by atoms with Crippen LogP contribution < -0.4 is 15.2 Å². The van der Waals surface area contributed by atoms with Gasteiger partial charge in [0.25, 0.3) is 0 Å². The zero-order valence-corrected chi connectivity index (χ0v) is 11.4. The molecule has 0 aliphatic carbocycles. The minimum absolute atomic E-state index is 0.00669. The van der Waals surface area contributed by atoms with Crippen LogP contribution in [0.4, 0.5) is 0 Å². The van der Waals surface area contributed by atoms with Gasteiger partial charge in [0.2, 0.25) is 0 Å². The van der Waals surface area contributed by atoms with Crippen molar-refractivity contribution in [3.63, 3.8) is 0 Å². The summed E-state index contributed by atoms with van der Waals surface area (Å²) in [4.78, 5) is 2.25. The maximum atomic E-state index is 5.79. The summed E-state index contributed by atoms with van der Waals surface area (Å²) in [7, 11) is 2.09.